The number of benzene rings is 3. The summed E-state index contributed by atoms with van der Waals surface area (Å²) in [5, 5.41) is 4.77. The minimum Gasteiger partial charge on any atom is -0.768 e. The number of nitrogens with two attached hydrogens (primary N) is 2. The van der Waals surface area contributed by atoms with Gasteiger partial charge in [0, 0.05) is 40.0 Å². The van der Waals surface area contributed by atoms with Crippen LogP contribution in [0.25, 0.3) is 10.8 Å². The highest BCUT2D eigenvalue weighted by Crippen LogP contribution is 2.39. The second-order valence-electron chi connectivity index (χ2n) is 9.55. The second kappa shape index (κ2) is 11.5. The van der Waals surface area contributed by atoms with Crippen molar-refractivity contribution >= 4 is 45.0 Å². The van der Waals surface area contributed by atoms with Crippen LogP contribution in [-0.2, 0) is 15.9 Å². The topological polar surface area (TPSA) is 147 Å². The molecule has 2 heterocycles. The number of rotatable bonds is 8. The molecule has 1 aliphatic rings. The normalized spacial score (nSPS) is 16.6. The SMILES string of the molecule is CCOc1ccc(F)c([C@H](Nc2ccc3c(N)nccc3c2)C(=O)N2CCC[C@@H]2c2cc(N)ccc2S(=O)[O-])c1. The number of ether oxygens (including phenoxy) is 1. The van der Waals surface area contributed by atoms with Gasteiger partial charge in [-0.2, -0.15) is 0 Å². The first kappa shape index (κ1) is 27.4. The number of aromatic nitrogens is 1. The summed E-state index contributed by atoms with van der Waals surface area (Å²) in [6.45, 7) is 2.56. The zero-order chi connectivity index (χ0) is 28.4. The van der Waals surface area contributed by atoms with Crippen LogP contribution in [0.1, 0.15) is 43.0 Å². The molecule has 1 saturated heterocycles. The van der Waals surface area contributed by atoms with Crippen LogP contribution >= 0.6 is 0 Å². The van der Waals surface area contributed by atoms with E-state index in [2.05, 4.69) is 10.3 Å². The van der Waals surface area contributed by atoms with Crippen molar-refractivity contribution in [3.63, 3.8) is 0 Å². The Hall–Kier alpha value is -4.22. The van der Waals surface area contributed by atoms with E-state index >= 15 is 4.39 Å². The Kier molecular flexibility index (Phi) is 7.85. The van der Waals surface area contributed by atoms with Gasteiger partial charge in [0.1, 0.15) is 23.4 Å². The van der Waals surface area contributed by atoms with Gasteiger partial charge in [0.25, 0.3) is 0 Å². The number of nitrogens with zero attached hydrogens (tertiary/aromatic N) is 2. The highest BCUT2D eigenvalue weighted by atomic mass is 32.2. The first-order valence-corrected chi connectivity index (χ1v) is 14.0. The number of hydrogen-bond donors (Lipinski definition) is 3. The lowest BCUT2D eigenvalue weighted by Gasteiger charge is -2.32. The molecule has 0 bridgehead atoms. The van der Waals surface area contributed by atoms with Crippen molar-refractivity contribution in [2.45, 2.75) is 36.7 Å². The smallest absolute Gasteiger partial charge is 0.250 e. The minimum absolute atomic E-state index is 0.0775. The summed E-state index contributed by atoms with van der Waals surface area (Å²) < 4.78 is 45.0. The largest absolute Gasteiger partial charge is 0.768 e. The fourth-order valence-electron chi connectivity index (χ4n) is 5.23. The monoisotopic (exact) mass is 562 g/mol. The molecule has 0 saturated carbocycles. The molecule has 4 aromatic rings. The Morgan fingerprint density at radius 1 is 1.20 bits per heavy atom. The molecule has 3 aromatic carbocycles. The summed E-state index contributed by atoms with van der Waals surface area (Å²) in [6.07, 6.45) is 2.77. The number of fused-ring (bicyclic) bond motifs is 1. The molecule has 5 N–H and O–H groups in total. The third-order valence-electron chi connectivity index (χ3n) is 7.05. The van der Waals surface area contributed by atoms with E-state index < -0.39 is 34.9 Å². The second-order valence-corrected chi connectivity index (χ2v) is 10.5. The summed E-state index contributed by atoms with van der Waals surface area (Å²) in [5.41, 5.74) is 13.5. The van der Waals surface area contributed by atoms with Crippen molar-refractivity contribution in [3.05, 3.63) is 83.8 Å². The molecule has 5 rings (SSSR count). The Balaban J connectivity index is 1.57. The van der Waals surface area contributed by atoms with Crippen molar-refractivity contribution in [1.29, 1.82) is 0 Å². The van der Waals surface area contributed by atoms with Gasteiger partial charge in [0.2, 0.25) is 5.91 Å². The lowest BCUT2D eigenvalue weighted by Crippen LogP contribution is -2.38. The molecular weight excluding hydrogens is 533 g/mol. The van der Waals surface area contributed by atoms with E-state index in [1.807, 2.05) is 13.0 Å². The maximum absolute atomic E-state index is 15.4. The van der Waals surface area contributed by atoms with Gasteiger partial charge in [-0.15, -0.1) is 0 Å². The third kappa shape index (κ3) is 5.43. The van der Waals surface area contributed by atoms with E-state index in [0.29, 0.717) is 54.5 Å². The molecule has 1 fully saturated rings. The number of amides is 1. The zero-order valence-corrected chi connectivity index (χ0v) is 22.6. The van der Waals surface area contributed by atoms with Crippen LogP contribution in [0.4, 0.5) is 21.6 Å². The number of pyridine rings is 1. The molecule has 9 nitrogen and oxygen atoms in total. The molecule has 40 heavy (non-hydrogen) atoms. The molecule has 1 unspecified atom stereocenters. The van der Waals surface area contributed by atoms with E-state index in [4.69, 9.17) is 16.2 Å². The zero-order valence-electron chi connectivity index (χ0n) is 21.8. The molecule has 0 radical (unpaired) electrons. The van der Waals surface area contributed by atoms with E-state index in [1.54, 1.807) is 35.4 Å². The predicted octanol–water partition coefficient (Wildman–Crippen LogP) is 4.69. The molecule has 0 aliphatic carbocycles. The van der Waals surface area contributed by atoms with Crippen LogP contribution in [0.5, 0.6) is 5.75 Å². The van der Waals surface area contributed by atoms with Crippen molar-refractivity contribution in [3.8, 4) is 5.75 Å². The first-order valence-electron chi connectivity index (χ1n) is 12.9. The van der Waals surface area contributed by atoms with Gasteiger partial charge in [-0.05, 0) is 102 Å². The van der Waals surface area contributed by atoms with Gasteiger partial charge >= 0.3 is 0 Å². The average Bonchev–Trinajstić information content (AvgIpc) is 3.42. The Morgan fingerprint density at radius 2 is 2.02 bits per heavy atom. The van der Waals surface area contributed by atoms with Crippen LogP contribution in [-0.4, -0.2) is 37.7 Å². The van der Waals surface area contributed by atoms with E-state index in [-0.39, 0.29) is 10.5 Å². The number of nitrogens with one attached hydrogen (secondary N) is 1. The molecule has 0 spiro atoms. The Bertz CT molecular complexity index is 1600. The summed E-state index contributed by atoms with van der Waals surface area (Å²) in [7, 11) is 0. The van der Waals surface area contributed by atoms with Crippen LogP contribution < -0.4 is 21.5 Å². The predicted molar refractivity (Wildman–Crippen MR) is 152 cm³/mol. The fourth-order valence-corrected chi connectivity index (χ4v) is 5.80. The van der Waals surface area contributed by atoms with Gasteiger partial charge in [-0.25, -0.2) is 9.37 Å². The number of hydrogen-bond acceptors (Lipinski definition) is 8. The number of likely N-dealkylation sites (tertiary alicyclic amines) is 1. The molecule has 11 heteroatoms. The number of anilines is 3. The lowest BCUT2D eigenvalue weighted by atomic mass is 10.00. The molecule has 3 atom stereocenters. The van der Waals surface area contributed by atoms with Gasteiger partial charge in [-0.1, -0.05) is 0 Å². The molecule has 208 valence electrons. The number of carbonyl (C=O) groups excluding carboxylic acids is 1. The first-order chi connectivity index (χ1) is 19.3. The minimum atomic E-state index is -2.53. The van der Waals surface area contributed by atoms with Gasteiger partial charge in [-0.3, -0.25) is 9.00 Å². The van der Waals surface area contributed by atoms with Crippen LogP contribution in [0, 0.1) is 5.82 Å². The molecular formula is C29H29FN5O4S-. The molecule has 1 aromatic heterocycles. The number of halogens is 1. The lowest BCUT2D eigenvalue weighted by molar-refractivity contribution is -0.133. The van der Waals surface area contributed by atoms with Gasteiger partial charge in [0.05, 0.1) is 12.6 Å². The van der Waals surface area contributed by atoms with Crippen molar-refractivity contribution in [2.75, 3.05) is 29.9 Å². The highest BCUT2D eigenvalue weighted by Gasteiger charge is 2.37. The van der Waals surface area contributed by atoms with Gasteiger partial charge in [0.15, 0.2) is 0 Å². The third-order valence-corrected chi connectivity index (χ3v) is 7.78. The van der Waals surface area contributed by atoms with Crippen LogP contribution in [0.3, 0.4) is 0 Å². The summed E-state index contributed by atoms with van der Waals surface area (Å²) in [4.78, 5) is 20.1. The standard InChI is InChI=1S/C29H30FN5O4S/c1-2-39-20-7-9-24(30)22(16-20)27(34-19-6-8-21-17(14-19)11-12-33-28(21)32)29(36)35-13-3-4-25(35)23-15-18(31)5-10-26(23)40(37)38/h5-12,14-16,25,27,34H,2-4,13,31H2,1H3,(H2,32,33)(H,37,38)/p-1/t25-,27+/m1/s1. The summed E-state index contributed by atoms with van der Waals surface area (Å²) >= 11 is -2.53. The van der Waals surface area contributed by atoms with Crippen LogP contribution in [0.2, 0.25) is 0 Å². The highest BCUT2D eigenvalue weighted by molar-refractivity contribution is 7.79. The maximum Gasteiger partial charge on any atom is 0.250 e. The van der Waals surface area contributed by atoms with E-state index in [9.17, 15) is 13.6 Å². The van der Waals surface area contributed by atoms with Crippen LogP contribution in [0.15, 0.2) is 71.8 Å². The van der Waals surface area contributed by atoms with Gasteiger partial charge < -0.3 is 31.0 Å². The molecule has 1 amide bonds. The van der Waals surface area contributed by atoms with Crippen molar-refractivity contribution in [1.82, 2.24) is 9.88 Å². The number of carbonyl (C=O) groups is 1. The quantitative estimate of drug-likeness (QED) is 0.207. The maximum atomic E-state index is 15.4. The van der Waals surface area contributed by atoms with Crippen molar-refractivity contribution in [2.24, 2.45) is 0 Å². The van der Waals surface area contributed by atoms with Crippen molar-refractivity contribution < 1.29 is 22.7 Å². The van der Waals surface area contributed by atoms with E-state index in [0.717, 1.165) is 10.8 Å². The van der Waals surface area contributed by atoms with E-state index in [1.165, 1.54) is 30.3 Å². The number of nitrogen functional groups attached to an aromatic ring is 2. The molecule has 1 aliphatic heterocycles. The Morgan fingerprint density at radius 3 is 2.80 bits per heavy atom. The fraction of sp³-hybridized carbons (Fsp3) is 0.241. The summed E-state index contributed by atoms with van der Waals surface area (Å²) in [5.74, 6) is -0.187. The average molecular weight is 563 g/mol. The summed E-state index contributed by atoms with van der Waals surface area (Å²) in [6, 6.07) is 14.3. The Labute approximate surface area is 233 Å².